The number of aliphatic hydroxyl groups is 1. The van der Waals surface area contributed by atoms with E-state index in [1.807, 2.05) is 35.2 Å². The Hall–Kier alpha value is -1.88. The van der Waals surface area contributed by atoms with Gasteiger partial charge in [0.1, 0.15) is 6.61 Å². The van der Waals surface area contributed by atoms with E-state index in [1.165, 1.54) is 0 Å². The Morgan fingerprint density at radius 2 is 1.95 bits per heavy atom. The fraction of sp³-hybridized carbons (Fsp3) is 0.500. The lowest BCUT2D eigenvalue weighted by molar-refractivity contribution is -0.140. The van der Waals surface area contributed by atoms with Gasteiger partial charge in [-0.1, -0.05) is 18.2 Å². The first kappa shape index (κ1) is 14.1. The summed E-state index contributed by atoms with van der Waals surface area (Å²) >= 11 is 0. The molecule has 0 radical (unpaired) electrons. The van der Waals surface area contributed by atoms with Crippen LogP contribution < -0.4 is 4.90 Å². The van der Waals surface area contributed by atoms with E-state index in [2.05, 4.69) is 0 Å². The van der Waals surface area contributed by atoms with Gasteiger partial charge in [0.2, 0.25) is 11.8 Å². The molecule has 112 valence electrons. The van der Waals surface area contributed by atoms with Gasteiger partial charge in [0.15, 0.2) is 0 Å². The number of para-hydroxylation sites is 1. The lowest BCUT2D eigenvalue weighted by atomic mass is 9.78. The maximum Gasteiger partial charge on any atom is 0.248 e. The fourth-order valence-electron chi connectivity index (χ4n) is 3.50. The van der Waals surface area contributed by atoms with Gasteiger partial charge in [0.05, 0.1) is 5.41 Å². The van der Waals surface area contributed by atoms with Crippen molar-refractivity contribution in [3.63, 3.8) is 0 Å². The zero-order valence-electron chi connectivity index (χ0n) is 12.0. The molecule has 1 atom stereocenters. The van der Waals surface area contributed by atoms with E-state index < -0.39 is 12.0 Å². The summed E-state index contributed by atoms with van der Waals surface area (Å²) < 4.78 is 0. The van der Waals surface area contributed by atoms with E-state index in [0.29, 0.717) is 19.6 Å². The Kier molecular flexibility index (Phi) is 3.68. The monoisotopic (exact) mass is 288 g/mol. The standard InChI is InChI=1S/C16H20N2O3/c19-11-14(20)17-9-4-7-16(12-17)8-10-18(15(16)21)13-5-2-1-3-6-13/h1-3,5-6,19H,4,7-12H2. The fourth-order valence-corrected chi connectivity index (χ4v) is 3.50. The number of carbonyl (C=O) groups is 2. The van der Waals surface area contributed by atoms with Gasteiger partial charge in [-0.15, -0.1) is 0 Å². The second-order valence-electron chi connectivity index (χ2n) is 5.90. The lowest BCUT2D eigenvalue weighted by Crippen LogP contribution is -2.50. The van der Waals surface area contributed by atoms with E-state index >= 15 is 0 Å². The molecule has 1 N–H and O–H groups in total. The maximum absolute atomic E-state index is 12.9. The Morgan fingerprint density at radius 3 is 2.67 bits per heavy atom. The molecule has 2 aliphatic heterocycles. The van der Waals surface area contributed by atoms with Gasteiger partial charge in [0, 0.05) is 25.3 Å². The van der Waals surface area contributed by atoms with Crippen molar-refractivity contribution in [3.05, 3.63) is 30.3 Å². The van der Waals surface area contributed by atoms with Crippen molar-refractivity contribution in [2.75, 3.05) is 31.1 Å². The summed E-state index contributed by atoms with van der Waals surface area (Å²) in [5, 5.41) is 9.03. The van der Waals surface area contributed by atoms with Gasteiger partial charge in [-0.2, -0.15) is 0 Å². The molecule has 1 aromatic rings. The molecule has 2 amide bonds. The first-order valence-corrected chi connectivity index (χ1v) is 7.42. The highest BCUT2D eigenvalue weighted by Crippen LogP contribution is 2.41. The highest BCUT2D eigenvalue weighted by atomic mass is 16.3. The maximum atomic E-state index is 12.9. The van der Waals surface area contributed by atoms with Crippen molar-refractivity contribution in [2.45, 2.75) is 19.3 Å². The van der Waals surface area contributed by atoms with Gasteiger partial charge >= 0.3 is 0 Å². The van der Waals surface area contributed by atoms with E-state index in [1.54, 1.807) is 4.90 Å². The molecule has 0 saturated carbocycles. The largest absolute Gasteiger partial charge is 0.387 e. The van der Waals surface area contributed by atoms with Gasteiger partial charge in [-0.05, 0) is 31.4 Å². The Labute approximate surface area is 124 Å². The predicted octanol–water partition coefficient (Wildman–Crippen LogP) is 1.02. The molecule has 1 spiro atoms. The van der Waals surface area contributed by atoms with Crippen LogP contribution in [0.1, 0.15) is 19.3 Å². The van der Waals surface area contributed by atoms with Crippen LogP contribution in [0.3, 0.4) is 0 Å². The van der Waals surface area contributed by atoms with Crippen LogP contribution in [-0.4, -0.2) is 48.1 Å². The quantitative estimate of drug-likeness (QED) is 0.884. The van der Waals surface area contributed by atoms with Crippen LogP contribution in [0.5, 0.6) is 0 Å². The number of likely N-dealkylation sites (tertiary alicyclic amines) is 1. The van der Waals surface area contributed by atoms with E-state index in [9.17, 15) is 9.59 Å². The SMILES string of the molecule is O=C(CO)N1CCCC2(CCN(c3ccccc3)C2=O)C1. The molecule has 1 unspecified atom stereocenters. The van der Waals surface area contributed by atoms with E-state index in [-0.39, 0.29) is 11.8 Å². The van der Waals surface area contributed by atoms with Crippen molar-refractivity contribution >= 4 is 17.5 Å². The molecule has 1 aromatic carbocycles. The molecular formula is C16H20N2O3. The average Bonchev–Trinajstić information content (AvgIpc) is 2.84. The third-order valence-electron chi connectivity index (χ3n) is 4.65. The van der Waals surface area contributed by atoms with Crippen LogP contribution >= 0.6 is 0 Å². The van der Waals surface area contributed by atoms with Crippen LogP contribution in [-0.2, 0) is 9.59 Å². The third kappa shape index (κ3) is 2.42. The Balaban J connectivity index is 1.80. The van der Waals surface area contributed by atoms with Crippen molar-refractivity contribution < 1.29 is 14.7 Å². The van der Waals surface area contributed by atoms with E-state index in [0.717, 1.165) is 24.9 Å². The molecule has 2 fully saturated rings. The summed E-state index contributed by atoms with van der Waals surface area (Å²) in [4.78, 5) is 28.0. The number of aliphatic hydroxyl groups excluding tert-OH is 1. The normalized spacial score (nSPS) is 25.7. The smallest absolute Gasteiger partial charge is 0.248 e. The van der Waals surface area contributed by atoms with Crippen LogP contribution in [0.15, 0.2) is 30.3 Å². The molecule has 0 aromatic heterocycles. The van der Waals surface area contributed by atoms with Crippen molar-refractivity contribution in [1.29, 1.82) is 0 Å². The molecule has 3 rings (SSSR count). The van der Waals surface area contributed by atoms with Crippen LogP contribution in [0.25, 0.3) is 0 Å². The zero-order chi connectivity index (χ0) is 14.9. The highest BCUT2D eigenvalue weighted by Gasteiger charge is 2.49. The number of piperidine rings is 1. The molecule has 0 aliphatic carbocycles. The first-order valence-electron chi connectivity index (χ1n) is 7.42. The van der Waals surface area contributed by atoms with E-state index in [4.69, 9.17) is 5.11 Å². The minimum Gasteiger partial charge on any atom is -0.387 e. The topological polar surface area (TPSA) is 60.9 Å². The molecule has 2 heterocycles. The van der Waals surface area contributed by atoms with Gasteiger partial charge in [0.25, 0.3) is 0 Å². The van der Waals surface area contributed by atoms with Crippen LogP contribution in [0, 0.1) is 5.41 Å². The van der Waals surface area contributed by atoms with Gasteiger partial charge < -0.3 is 14.9 Å². The molecule has 5 nitrogen and oxygen atoms in total. The summed E-state index contributed by atoms with van der Waals surface area (Å²) in [6, 6.07) is 9.67. The Morgan fingerprint density at radius 1 is 1.19 bits per heavy atom. The van der Waals surface area contributed by atoms with Crippen molar-refractivity contribution in [1.82, 2.24) is 4.90 Å². The van der Waals surface area contributed by atoms with Gasteiger partial charge in [-0.3, -0.25) is 9.59 Å². The number of nitrogens with zero attached hydrogens (tertiary/aromatic N) is 2. The number of amides is 2. The minimum atomic E-state index is -0.479. The summed E-state index contributed by atoms with van der Waals surface area (Å²) in [6.45, 7) is 1.30. The highest BCUT2D eigenvalue weighted by molar-refractivity contribution is 6.00. The summed E-state index contributed by atoms with van der Waals surface area (Å²) in [5.41, 5.74) is 0.462. The van der Waals surface area contributed by atoms with Gasteiger partial charge in [-0.25, -0.2) is 0 Å². The number of rotatable bonds is 2. The second kappa shape index (κ2) is 5.48. The first-order chi connectivity index (χ1) is 10.2. The summed E-state index contributed by atoms with van der Waals surface area (Å²) in [7, 11) is 0. The summed E-state index contributed by atoms with van der Waals surface area (Å²) in [6.07, 6.45) is 2.42. The summed E-state index contributed by atoms with van der Waals surface area (Å²) in [5.74, 6) is -0.163. The molecule has 5 heteroatoms. The van der Waals surface area contributed by atoms with Crippen LogP contribution in [0.4, 0.5) is 5.69 Å². The minimum absolute atomic E-state index is 0.115. The lowest BCUT2D eigenvalue weighted by Gasteiger charge is -2.38. The Bertz CT molecular complexity index is 546. The molecule has 0 bridgehead atoms. The zero-order valence-corrected chi connectivity index (χ0v) is 12.0. The molecule has 2 aliphatic rings. The molecular weight excluding hydrogens is 268 g/mol. The second-order valence-corrected chi connectivity index (χ2v) is 5.90. The van der Waals surface area contributed by atoms with Crippen molar-refractivity contribution in [2.24, 2.45) is 5.41 Å². The van der Waals surface area contributed by atoms with Crippen LogP contribution in [0.2, 0.25) is 0 Å². The molecule has 21 heavy (non-hydrogen) atoms. The number of carbonyl (C=O) groups excluding carboxylic acids is 2. The van der Waals surface area contributed by atoms with Crippen molar-refractivity contribution in [3.8, 4) is 0 Å². The number of hydrogen-bond donors (Lipinski definition) is 1. The third-order valence-corrected chi connectivity index (χ3v) is 4.65. The number of benzene rings is 1. The molecule has 2 saturated heterocycles. The average molecular weight is 288 g/mol. The predicted molar refractivity (Wildman–Crippen MR) is 78.7 cm³/mol. The number of hydrogen-bond acceptors (Lipinski definition) is 3. The number of anilines is 1.